The van der Waals surface area contributed by atoms with Crippen LogP contribution in [-0.2, 0) is 4.79 Å². The second-order valence-corrected chi connectivity index (χ2v) is 2.91. The Balaban J connectivity index is 2.48. The highest BCUT2D eigenvalue weighted by atomic mass is 19.4. The third-order valence-electron chi connectivity index (χ3n) is 2.02. The predicted octanol–water partition coefficient (Wildman–Crippen LogP) is 0.597. The maximum Gasteiger partial charge on any atom is 0.393 e. The van der Waals surface area contributed by atoms with Crippen molar-refractivity contribution in [3.63, 3.8) is 0 Å². The quantitative estimate of drug-likeness (QED) is 0.658. The molecule has 0 saturated heterocycles. The summed E-state index contributed by atoms with van der Waals surface area (Å²) in [6.45, 7) is 0. The summed E-state index contributed by atoms with van der Waals surface area (Å²) in [4.78, 5) is 10.0. The van der Waals surface area contributed by atoms with Crippen LogP contribution in [0.25, 0.3) is 0 Å². The molecule has 1 rings (SSSR count). The van der Waals surface area contributed by atoms with E-state index >= 15 is 0 Å². The molecule has 0 heterocycles. The molecule has 0 aromatic rings. The molecule has 0 amide bonds. The Morgan fingerprint density at radius 1 is 1.50 bits per heavy atom. The number of alkyl halides is 3. The van der Waals surface area contributed by atoms with E-state index in [2.05, 4.69) is 0 Å². The summed E-state index contributed by atoms with van der Waals surface area (Å²) in [7, 11) is 0. The number of hydrogen-bond acceptors (Lipinski definition) is 2. The average Bonchev–Trinajstić information content (AvgIpc) is 2.37. The Morgan fingerprint density at radius 3 is 2.25 bits per heavy atom. The fourth-order valence-electron chi connectivity index (χ4n) is 1.33. The lowest BCUT2D eigenvalue weighted by Crippen LogP contribution is -2.17. The van der Waals surface area contributed by atoms with Crippen molar-refractivity contribution in [3.05, 3.63) is 0 Å². The second kappa shape index (κ2) is 2.62. The van der Waals surface area contributed by atoms with Gasteiger partial charge in [0.25, 0.3) is 0 Å². The number of rotatable bonds is 2. The SMILES string of the molecule is N[C@@H]1[C@@H](CC(=O)O)[C@@H]1C(F)(F)F. The molecular formula is C6H8F3NO2. The van der Waals surface area contributed by atoms with Gasteiger partial charge >= 0.3 is 12.1 Å². The van der Waals surface area contributed by atoms with Crippen LogP contribution in [0.4, 0.5) is 13.2 Å². The van der Waals surface area contributed by atoms with Crippen molar-refractivity contribution >= 4 is 5.97 Å². The van der Waals surface area contributed by atoms with Gasteiger partial charge in [-0.05, 0) is 5.92 Å². The predicted molar refractivity (Wildman–Crippen MR) is 33.3 cm³/mol. The molecule has 1 saturated carbocycles. The van der Waals surface area contributed by atoms with Gasteiger partial charge in [0.15, 0.2) is 0 Å². The van der Waals surface area contributed by atoms with Gasteiger partial charge in [0.05, 0.1) is 12.3 Å². The van der Waals surface area contributed by atoms with Crippen LogP contribution in [0.1, 0.15) is 6.42 Å². The Kier molecular flexibility index (Phi) is 2.03. The smallest absolute Gasteiger partial charge is 0.393 e. The molecule has 12 heavy (non-hydrogen) atoms. The van der Waals surface area contributed by atoms with Gasteiger partial charge in [-0.3, -0.25) is 4.79 Å². The number of halogens is 3. The maximum atomic E-state index is 11.9. The monoisotopic (exact) mass is 183 g/mol. The maximum absolute atomic E-state index is 11.9. The van der Waals surface area contributed by atoms with Crippen molar-refractivity contribution in [1.29, 1.82) is 0 Å². The third-order valence-corrected chi connectivity index (χ3v) is 2.02. The standard InChI is InChI=1S/C6H8F3NO2/c7-6(8,9)4-2(5(4)10)1-3(11)12/h2,4-5H,1,10H2,(H,11,12)/t2-,4-,5+/m0/s1. The lowest BCUT2D eigenvalue weighted by Gasteiger charge is -2.02. The number of carbonyl (C=O) groups is 1. The van der Waals surface area contributed by atoms with Gasteiger partial charge in [-0.2, -0.15) is 13.2 Å². The summed E-state index contributed by atoms with van der Waals surface area (Å²) < 4.78 is 35.8. The minimum atomic E-state index is -4.35. The highest BCUT2D eigenvalue weighted by Gasteiger charge is 2.62. The van der Waals surface area contributed by atoms with Crippen LogP contribution in [0.5, 0.6) is 0 Å². The molecule has 0 aliphatic heterocycles. The van der Waals surface area contributed by atoms with E-state index in [-0.39, 0.29) is 0 Å². The van der Waals surface area contributed by atoms with Crippen molar-refractivity contribution < 1.29 is 23.1 Å². The number of hydrogen-bond donors (Lipinski definition) is 2. The van der Waals surface area contributed by atoms with Gasteiger partial charge in [-0.1, -0.05) is 0 Å². The van der Waals surface area contributed by atoms with Gasteiger partial charge in [0, 0.05) is 6.04 Å². The summed E-state index contributed by atoms with van der Waals surface area (Å²) in [5.74, 6) is -3.78. The highest BCUT2D eigenvalue weighted by Crippen LogP contribution is 2.50. The summed E-state index contributed by atoms with van der Waals surface area (Å²) in [5, 5.41) is 8.20. The molecule has 1 fully saturated rings. The molecule has 3 atom stereocenters. The van der Waals surface area contributed by atoms with E-state index in [1.54, 1.807) is 0 Å². The normalized spacial score (nSPS) is 34.8. The minimum Gasteiger partial charge on any atom is -0.481 e. The molecule has 6 heteroatoms. The van der Waals surface area contributed by atoms with E-state index in [0.29, 0.717) is 0 Å². The first kappa shape index (κ1) is 9.31. The van der Waals surface area contributed by atoms with Gasteiger partial charge in [-0.25, -0.2) is 0 Å². The van der Waals surface area contributed by atoms with Crippen LogP contribution in [0.15, 0.2) is 0 Å². The number of carboxylic acid groups (broad SMARTS) is 1. The van der Waals surface area contributed by atoms with Gasteiger partial charge in [-0.15, -0.1) is 0 Å². The molecule has 0 aromatic heterocycles. The lowest BCUT2D eigenvalue weighted by molar-refractivity contribution is -0.153. The molecule has 1 aliphatic rings. The third kappa shape index (κ3) is 1.69. The molecular weight excluding hydrogens is 175 g/mol. The zero-order valence-electron chi connectivity index (χ0n) is 6.01. The van der Waals surface area contributed by atoms with Gasteiger partial charge < -0.3 is 10.8 Å². The van der Waals surface area contributed by atoms with E-state index < -0.39 is 36.4 Å². The molecule has 1 aliphatic carbocycles. The molecule has 0 aromatic carbocycles. The minimum absolute atomic E-state index is 0.495. The van der Waals surface area contributed by atoms with Crippen LogP contribution in [0.3, 0.4) is 0 Å². The Labute approximate surface area is 66.4 Å². The van der Waals surface area contributed by atoms with Crippen molar-refractivity contribution in [2.75, 3.05) is 0 Å². The molecule has 0 radical (unpaired) electrons. The van der Waals surface area contributed by atoms with E-state index in [1.807, 2.05) is 0 Å². The molecule has 0 unspecified atom stereocenters. The first-order valence-corrected chi connectivity index (χ1v) is 3.38. The summed E-state index contributed by atoms with van der Waals surface area (Å²) >= 11 is 0. The topological polar surface area (TPSA) is 63.3 Å². The average molecular weight is 183 g/mol. The van der Waals surface area contributed by atoms with Crippen LogP contribution in [-0.4, -0.2) is 23.3 Å². The number of carboxylic acids is 1. The first-order valence-electron chi connectivity index (χ1n) is 3.38. The van der Waals surface area contributed by atoms with Crippen LogP contribution in [0, 0.1) is 11.8 Å². The zero-order chi connectivity index (χ0) is 9.52. The van der Waals surface area contributed by atoms with Crippen molar-refractivity contribution in [3.8, 4) is 0 Å². The number of aliphatic carboxylic acids is 1. The van der Waals surface area contributed by atoms with Crippen LogP contribution in [0.2, 0.25) is 0 Å². The van der Waals surface area contributed by atoms with E-state index in [1.165, 1.54) is 0 Å². The van der Waals surface area contributed by atoms with Crippen molar-refractivity contribution in [1.82, 2.24) is 0 Å². The summed E-state index contributed by atoms with van der Waals surface area (Å²) in [6.07, 6.45) is -4.84. The highest BCUT2D eigenvalue weighted by molar-refractivity contribution is 5.67. The van der Waals surface area contributed by atoms with E-state index in [0.717, 1.165) is 0 Å². The zero-order valence-corrected chi connectivity index (χ0v) is 6.01. The van der Waals surface area contributed by atoms with E-state index in [4.69, 9.17) is 10.8 Å². The summed E-state index contributed by atoms with van der Waals surface area (Å²) in [6, 6.07) is -1.03. The molecule has 3 N–H and O–H groups in total. The van der Waals surface area contributed by atoms with E-state index in [9.17, 15) is 18.0 Å². The lowest BCUT2D eigenvalue weighted by atomic mass is 10.2. The molecule has 70 valence electrons. The van der Waals surface area contributed by atoms with Crippen LogP contribution < -0.4 is 5.73 Å². The van der Waals surface area contributed by atoms with Gasteiger partial charge in [0.1, 0.15) is 0 Å². The second-order valence-electron chi connectivity index (χ2n) is 2.91. The first-order chi connectivity index (χ1) is 5.34. The van der Waals surface area contributed by atoms with Gasteiger partial charge in [0.2, 0.25) is 0 Å². The fraction of sp³-hybridized carbons (Fsp3) is 0.833. The van der Waals surface area contributed by atoms with Crippen molar-refractivity contribution in [2.24, 2.45) is 17.6 Å². The summed E-state index contributed by atoms with van der Waals surface area (Å²) in [5.41, 5.74) is 5.06. The van der Waals surface area contributed by atoms with Crippen molar-refractivity contribution in [2.45, 2.75) is 18.6 Å². The molecule has 0 spiro atoms. The Hall–Kier alpha value is -0.780. The molecule has 0 bridgehead atoms. The largest absolute Gasteiger partial charge is 0.481 e. The number of nitrogens with two attached hydrogens (primary N) is 1. The Morgan fingerprint density at radius 2 is 2.00 bits per heavy atom. The Bertz CT molecular complexity index is 203. The molecule has 3 nitrogen and oxygen atoms in total. The van der Waals surface area contributed by atoms with Crippen LogP contribution >= 0.6 is 0 Å². The fourth-order valence-corrected chi connectivity index (χ4v) is 1.33.